The summed E-state index contributed by atoms with van der Waals surface area (Å²) in [4.78, 5) is 21.9. The Morgan fingerprint density at radius 2 is 1.67 bits per heavy atom. The van der Waals surface area contributed by atoms with Crippen LogP contribution >= 0.6 is 0 Å². The molecule has 0 bridgehead atoms. The third-order valence-corrected chi connectivity index (χ3v) is 3.78. The number of carboxylic acids is 2. The number of benzene rings is 1. The maximum Gasteiger partial charge on any atom is 2.00 e. The van der Waals surface area contributed by atoms with Gasteiger partial charge < -0.3 is 19.8 Å². The number of rotatable bonds is 4. The van der Waals surface area contributed by atoms with Crippen LogP contribution in [-0.4, -0.2) is 60.8 Å². The molecule has 2 rings (SSSR count). The molecule has 0 spiro atoms. The van der Waals surface area contributed by atoms with Crippen molar-refractivity contribution in [2.75, 3.05) is 0 Å². The first-order valence-electron chi connectivity index (χ1n) is 6.83. The molecule has 0 heterocycles. The number of aliphatic carboxylic acids is 2. The molecule has 1 aromatic rings. The SMILES string of the molecule is O=C([O-])/C=C(\C(=O)[O-])c1ccccc1C1CCCCC1.[Ba+2]. The van der Waals surface area contributed by atoms with Crippen LogP contribution in [0.4, 0.5) is 0 Å². The molecular formula is C16H16BaO4. The van der Waals surface area contributed by atoms with Gasteiger partial charge in [-0.05, 0) is 36.0 Å². The molecule has 0 unspecified atom stereocenters. The molecule has 0 N–H and O–H groups in total. The van der Waals surface area contributed by atoms with Crippen molar-refractivity contribution in [2.24, 2.45) is 0 Å². The van der Waals surface area contributed by atoms with Crippen LogP contribution in [0, 0.1) is 0 Å². The Balaban J connectivity index is 0.00000220. The Morgan fingerprint density at radius 3 is 2.24 bits per heavy atom. The van der Waals surface area contributed by atoms with Crippen molar-refractivity contribution in [3.05, 3.63) is 41.5 Å². The molecule has 1 aliphatic rings. The van der Waals surface area contributed by atoms with E-state index in [1.54, 1.807) is 12.1 Å². The van der Waals surface area contributed by atoms with Crippen molar-refractivity contribution in [3.8, 4) is 0 Å². The first kappa shape index (κ1) is 18.5. The average Bonchev–Trinajstić information content (AvgIpc) is 2.45. The van der Waals surface area contributed by atoms with E-state index in [1.165, 1.54) is 6.42 Å². The van der Waals surface area contributed by atoms with Gasteiger partial charge in [0, 0.05) is 5.57 Å². The zero-order valence-corrected chi connectivity index (χ0v) is 16.3. The molecule has 1 fully saturated rings. The van der Waals surface area contributed by atoms with Crippen LogP contribution in [0.15, 0.2) is 30.3 Å². The van der Waals surface area contributed by atoms with Crippen molar-refractivity contribution < 1.29 is 19.8 Å². The second-order valence-electron chi connectivity index (χ2n) is 5.09. The molecule has 0 aliphatic heterocycles. The van der Waals surface area contributed by atoms with Crippen LogP contribution in [0.5, 0.6) is 0 Å². The first-order valence-corrected chi connectivity index (χ1v) is 6.83. The second kappa shape index (κ2) is 8.80. The van der Waals surface area contributed by atoms with E-state index in [-0.39, 0.29) is 60.4 Å². The minimum absolute atomic E-state index is 0. The molecule has 0 radical (unpaired) electrons. The summed E-state index contributed by atoms with van der Waals surface area (Å²) in [5, 5.41) is 21.9. The van der Waals surface area contributed by atoms with E-state index in [1.807, 2.05) is 12.1 Å². The monoisotopic (exact) mass is 410 g/mol. The molecule has 106 valence electrons. The van der Waals surface area contributed by atoms with Crippen molar-refractivity contribution >= 4 is 66.4 Å². The van der Waals surface area contributed by atoms with E-state index in [0.717, 1.165) is 31.2 Å². The quantitative estimate of drug-likeness (QED) is 0.527. The van der Waals surface area contributed by atoms with Crippen molar-refractivity contribution in [3.63, 3.8) is 0 Å². The molecule has 0 aromatic heterocycles. The van der Waals surface area contributed by atoms with Crippen molar-refractivity contribution in [1.29, 1.82) is 0 Å². The van der Waals surface area contributed by atoms with Crippen LogP contribution in [0.25, 0.3) is 5.57 Å². The maximum absolute atomic E-state index is 11.2. The summed E-state index contributed by atoms with van der Waals surface area (Å²) in [6.07, 6.45) is 6.04. The van der Waals surface area contributed by atoms with Gasteiger partial charge in [-0.2, -0.15) is 0 Å². The number of hydrogen-bond donors (Lipinski definition) is 0. The number of carboxylic acid groups (broad SMARTS) is 2. The summed E-state index contributed by atoms with van der Waals surface area (Å²) in [5.74, 6) is -2.73. The third kappa shape index (κ3) is 5.00. The first-order chi connectivity index (χ1) is 9.59. The molecule has 1 aliphatic carbocycles. The Labute approximate surface area is 164 Å². The second-order valence-corrected chi connectivity index (χ2v) is 5.09. The van der Waals surface area contributed by atoms with Crippen molar-refractivity contribution in [2.45, 2.75) is 38.0 Å². The fourth-order valence-electron chi connectivity index (χ4n) is 2.88. The van der Waals surface area contributed by atoms with Gasteiger partial charge in [0.2, 0.25) is 0 Å². The van der Waals surface area contributed by atoms with E-state index in [9.17, 15) is 19.8 Å². The standard InChI is InChI=1S/C16H18O4.Ba/c17-15(18)10-14(16(19)20)13-9-5-4-8-12(13)11-6-2-1-3-7-11;/h4-5,8-11H,1-3,6-7H2,(H,17,18)(H,19,20);/q;+2/p-2/b14-10-;. The molecule has 21 heavy (non-hydrogen) atoms. The molecular weight excluding hydrogens is 394 g/mol. The molecule has 0 saturated heterocycles. The minimum Gasteiger partial charge on any atom is -0.545 e. The van der Waals surface area contributed by atoms with Crippen LogP contribution in [0.3, 0.4) is 0 Å². The zero-order valence-electron chi connectivity index (χ0n) is 11.8. The molecule has 1 aromatic carbocycles. The fourth-order valence-corrected chi connectivity index (χ4v) is 2.88. The molecule has 5 heteroatoms. The molecule has 0 atom stereocenters. The summed E-state index contributed by atoms with van der Waals surface area (Å²) in [7, 11) is 0. The summed E-state index contributed by atoms with van der Waals surface area (Å²) in [5.41, 5.74) is 1.01. The molecule has 1 saturated carbocycles. The summed E-state index contributed by atoms with van der Waals surface area (Å²) < 4.78 is 0. The normalized spacial score (nSPS) is 16.1. The number of carbonyl (C=O) groups is 2. The smallest absolute Gasteiger partial charge is 0.545 e. The predicted octanol–water partition coefficient (Wildman–Crippen LogP) is 0.237. The Bertz CT molecular complexity index is 545. The van der Waals surface area contributed by atoms with Gasteiger partial charge in [0.1, 0.15) is 0 Å². The summed E-state index contributed by atoms with van der Waals surface area (Å²) >= 11 is 0. The van der Waals surface area contributed by atoms with Gasteiger partial charge in [0.15, 0.2) is 0 Å². The Hall–Kier alpha value is -0.529. The third-order valence-electron chi connectivity index (χ3n) is 3.78. The number of carbonyl (C=O) groups excluding carboxylic acids is 2. The van der Waals surface area contributed by atoms with Gasteiger partial charge in [-0.25, -0.2) is 0 Å². The van der Waals surface area contributed by atoms with Crippen LogP contribution < -0.4 is 10.2 Å². The maximum atomic E-state index is 11.2. The van der Waals surface area contributed by atoms with Gasteiger partial charge in [0.05, 0.1) is 11.9 Å². The van der Waals surface area contributed by atoms with Gasteiger partial charge in [0.25, 0.3) is 0 Å². The zero-order chi connectivity index (χ0) is 14.5. The number of hydrogen-bond acceptors (Lipinski definition) is 4. The van der Waals surface area contributed by atoms with E-state index in [0.29, 0.717) is 11.6 Å². The largest absolute Gasteiger partial charge is 2.00 e. The van der Waals surface area contributed by atoms with Gasteiger partial charge in [-0.15, -0.1) is 0 Å². The predicted molar refractivity (Wildman–Crippen MR) is 76.0 cm³/mol. The van der Waals surface area contributed by atoms with Crippen LogP contribution in [0.2, 0.25) is 0 Å². The molecule has 4 nitrogen and oxygen atoms in total. The molecule has 0 amide bonds. The summed E-state index contributed by atoms with van der Waals surface area (Å²) in [6.45, 7) is 0. The van der Waals surface area contributed by atoms with E-state index >= 15 is 0 Å². The topological polar surface area (TPSA) is 80.3 Å². The van der Waals surface area contributed by atoms with Gasteiger partial charge in [-0.1, -0.05) is 43.5 Å². The average molecular weight is 410 g/mol. The van der Waals surface area contributed by atoms with E-state index in [4.69, 9.17) is 0 Å². The van der Waals surface area contributed by atoms with Crippen LogP contribution in [-0.2, 0) is 9.59 Å². The van der Waals surface area contributed by atoms with E-state index < -0.39 is 11.9 Å². The van der Waals surface area contributed by atoms with Gasteiger partial charge >= 0.3 is 48.9 Å². The van der Waals surface area contributed by atoms with E-state index in [2.05, 4.69) is 0 Å². The fraction of sp³-hybridized carbons (Fsp3) is 0.375. The Kier molecular flexibility index (Phi) is 7.76. The van der Waals surface area contributed by atoms with Crippen LogP contribution in [0.1, 0.15) is 49.1 Å². The van der Waals surface area contributed by atoms with Crippen molar-refractivity contribution in [1.82, 2.24) is 0 Å². The Morgan fingerprint density at radius 1 is 1.05 bits per heavy atom. The van der Waals surface area contributed by atoms with Gasteiger partial charge in [-0.3, -0.25) is 0 Å². The minimum atomic E-state index is -1.53. The summed E-state index contributed by atoms with van der Waals surface area (Å²) in [6, 6.07) is 7.05.